The number of carbonyl (C=O) groups excluding carboxylic acids is 2. The first-order chi connectivity index (χ1) is 17.6. The molecule has 1 aliphatic carbocycles. The molecule has 10 heteroatoms. The number of nitrogens with one attached hydrogen (secondary N) is 2. The minimum atomic E-state index is -0.235. The van der Waals surface area contributed by atoms with Crippen LogP contribution in [0.1, 0.15) is 55.2 Å². The number of hydrogen-bond donors (Lipinski definition) is 2. The van der Waals surface area contributed by atoms with Crippen LogP contribution in [0.3, 0.4) is 0 Å². The monoisotopic (exact) mass is 517 g/mol. The van der Waals surface area contributed by atoms with Crippen LogP contribution in [0, 0.1) is 12.3 Å². The van der Waals surface area contributed by atoms with Gasteiger partial charge >= 0.3 is 6.03 Å². The highest BCUT2D eigenvalue weighted by Gasteiger charge is 2.54. The Morgan fingerprint density at radius 3 is 2.57 bits per heavy atom. The zero-order chi connectivity index (χ0) is 25.9. The second kappa shape index (κ2) is 8.44. The molecule has 0 radical (unpaired) electrons. The molecule has 1 saturated heterocycles. The Labute approximate surface area is 219 Å². The fraction of sp³-hybridized carbons (Fsp3) is 0.407. The predicted octanol–water partition coefficient (Wildman–Crippen LogP) is 4.61. The van der Waals surface area contributed by atoms with Gasteiger partial charge in [-0.05, 0) is 31.9 Å². The van der Waals surface area contributed by atoms with Crippen LogP contribution in [0.15, 0.2) is 48.1 Å². The smallest absolute Gasteiger partial charge is 0.320 e. The summed E-state index contributed by atoms with van der Waals surface area (Å²) in [5.74, 6) is 0.679. The first kappa shape index (κ1) is 23.7. The van der Waals surface area contributed by atoms with Gasteiger partial charge in [0, 0.05) is 47.6 Å². The summed E-state index contributed by atoms with van der Waals surface area (Å²) < 4.78 is 3.53. The molecule has 4 heterocycles. The van der Waals surface area contributed by atoms with E-state index >= 15 is 0 Å². The van der Waals surface area contributed by atoms with Gasteiger partial charge in [-0.2, -0.15) is 10.2 Å². The molecule has 1 saturated carbocycles. The molecule has 2 N–H and O–H groups in total. The Balaban J connectivity index is 1.06. The third kappa shape index (κ3) is 4.29. The molecule has 1 spiro atoms. The van der Waals surface area contributed by atoms with Gasteiger partial charge in [0.2, 0.25) is 0 Å². The Kier molecular flexibility index (Phi) is 5.41. The number of urea groups is 1. The summed E-state index contributed by atoms with van der Waals surface area (Å²) in [6, 6.07) is 9.88. The van der Waals surface area contributed by atoms with E-state index < -0.39 is 0 Å². The third-order valence-corrected chi connectivity index (χ3v) is 8.28. The molecule has 2 aliphatic rings. The van der Waals surface area contributed by atoms with Crippen molar-refractivity contribution >= 4 is 33.9 Å². The standard InChI is InChI=1S/C27H31N7O2S/c1-17-5-7-19(8-6-17)34-22(11-21(31-34)26(2,3)4)30-25(36)29-18-12-27(13-18)15-32(16-27)23(35)20-14-28-33-9-10-37-24(20)33/h5-11,14,18H,12-13,15-16H2,1-4H3,(H2,29,30,36). The van der Waals surface area contributed by atoms with Gasteiger partial charge in [-0.1, -0.05) is 38.5 Å². The summed E-state index contributed by atoms with van der Waals surface area (Å²) >= 11 is 1.52. The lowest BCUT2D eigenvalue weighted by atomic mass is 9.60. The van der Waals surface area contributed by atoms with Crippen molar-refractivity contribution in [2.45, 2.75) is 52.0 Å². The number of fused-ring (bicyclic) bond motifs is 1. The molecule has 1 aromatic carbocycles. The van der Waals surface area contributed by atoms with Crippen LogP contribution in [0.2, 0.25) is 0 Å². The van der Waals surface area contributed by atoms with Crippen LogP contribution >= 0.6 is 11.3 Å². The van der Waals surface area contributed by atoms with Crippen molar-refractivity contribution in [2.24, 2.45) is 5.41 Å². The summed E-state index contributed by atoms with van der Waals surface area (Å²) in [6.45, 7) is 9.82. The maximum atomic E-state index is 12.9. The van der Waals surface area contributed by atoms with Crippen molar-refractivity contribution < 1.29 is 9.59 Å². The van der Waals surface area contributed by atoms with Crippen molar-refractivity contribution in [3.63, 3.8) is 0 Å². The zero-order valence-corrected chi connectivity index (χ0v) is 22.3. The summed E-state index contributed by atoms with van der Waals surface area (Å²) in [7, 11) is 0. The van der Waals surface area contributed by atoms with Gasteiger partial charge in [-0.15, -0.1) is 11.3 Å². The number of nitrogens with zero attached hydrogens (tertiary/aromatic N) is 5. The van der Waals surface area contributed by atoms with Crippen molar-refractivity contribution in [1.29, 1.82) is 0 Å². The first-order valence-electron chi connectivity index (χ1n) is 12.6. The number of aryl methyl sites for hydroxylation is 1. The van der Waals surface area contributed by atoms with Gasteiger partial charge in [0.1, 0.15) is 10.6 Å². The number of carbonyl (C=O) groups is 2. The minimum Gasteiger partial charge on any atom is -0.337 e. The Hall–Kier alpha value is -3.66. The van der Waals surface area contributed by atoms with Crippen LogP contribution in [0.4, 0.5) is 10.6 Å². The Morgan fingerprint density at radius 2 is 1.86 bits per heavy atom. The first-order valence-corrected chi connectivity index (χ1v) is 13.4. The number of thiazole rings is 1. The normalized spacial score (nSPS) is 17.0. The molecule has 1 aliphatic heterocycles. The van der Waals surface area contributed by atoms with Gasteiger partial charge in [0.05, 0.1) is 23.1 Å². The highest BCUT2D eigenvalue weighted by Crippen LogP contribution is 2.49. The van der Waals surface area contributed by atoms with Gasteiger partial charge in [0.15, 0.2) is 0 Å². The molecular formula is C27H31N7O2S. The van der Waals surface area contributed by atoms with E-state index in [1.54, 1.807) is 15.4 Å². The molecule has 3 aromatic heterocycles. The average molecular weight is 518 g/mol. The summed E-state index contributed by atoms with van der Waals surface area (Å²) in [4.78, 5) is 28.6. The van der Waals surface area contributed by atoms with Gasteiger partial charge in [-0.25, -0.2) is 14.0 Å². The van der Waals surface area contributed by atoms with Crippen molar-refractivity contribution in [1.82, 2.24) is 29.6 Å². The van der Waals surface area contributed by atoms with Crippen LogP contribution < -0.4 is 10.6 Å². The van der Waals surface area contributed by atoms with Gasteiger partial charge < -0.3 is 10.2 Å². The van der Waals surface area contributed by atoms with Gasteiger partial charge in [-0.3, -0.25) is 10.1 Å². The van der Waals surface area contributed by atoms with Crippen molar-refractivity contribution in [3.05, 3.63) is 64.9 Å². The molecule has 6 rings (SSSR count). The molecule has 4 aromatic rings. The predicted molar refractivity (Wildman–Crippen MR) is 144 cm³/mol. The number of benzene rings is 1. The molecule has 0 bridgehead atoms. The van der Waals surface area contributed by atoms with E-state index in [0.29, 0.717) is 11.4 Å². The van der Waals surface area contributed by atoms with E-state index in [0.717, 1.165) is 42.1 Å². The van der Waals surface area contributed by atoms with Crippen molar-refractivity contribution in [3.8, 4) is 5.69 Å². The zero-order valence-electron chi connectivity index (χ0n) is 21.5. The highest BCUT2D eigenvalue weighted by atomic mass is 32.1. The minimum absolute atomic E-state index is 0.0382. The van der Waals surface area contributed by atoms with E-state index in [-0.39, 0.29) is 28.8 Å². The molecule has 9 nitrogen and oxygen atoms in total. The van der Waals surface area contributed by atoms with Crippen LogP contribution in [-0.4, -0.2) is 55.4 Å². The number of rotatable bonds is 4. The maximum Gasteiger partial charge on any atom is 0.320 e. The van der Waals surface area contributed by atoms with E-state index in [9.17, 15) is 9.59 Å². The highest BCUT2D eigenvalue weighted by molar-refractivity contribution is 7.15. The SMILES string of the molecule is Cc1ccc(-n2nc(C(C)(C)C)cc2NC(=O)NC2CC3(C2)CN(C(=O)c2cnn4ccsc24)C3)cc1. The quantitative estimate of drug-likeness (QED) is 0.413. The maximum absolute atomic E-state index is 12.9. The second-order valence-corrected chi connectivity index (χ2v) is 12.4. The lowest BCUT2D eigenvalue weighted by Crippen LogP contribution is -2.67. The number of likely N-dealkylation sites (tertiary alicyclic amines) is 1. The Morgan fingerprint density at radius 1 is 1.14 bits per heavy atom. The molecule has 0 atom stereocenters. The fourth-order valence-corrected chi connectivity index (χ4v) is 6.14. The third-order valence-electron chi connectivity index (χ3n) is 7.39. The number of anilines is 1. The summed E-state index contributed by atoms with van der Waals surface area (Å²) in [6.07, 6.45) is 5.26. The molecule has 3 amide bonds. The number of amides is 3. The van der Waals surface area contributed by atoms with E-state index in [2.05, 4.69) is 36.5 Å². The molecule has 2 fully saturated rings. The summed E-state index contributed by atoms with van der Waals surface area (Å²) in [5.41, 5.74) is 3.60. The van der Waals surface area contributed by atoms with Crippen molar-refractivity contribution in [2.75, 3.05) is 18.4 Å². The largest absolute Gasteiger partial charge is 0.337 e. The molecule has 37 heavy (non-hydrogen) atoms. The average Bonchev–Trinajstić information content (AvgIpc) is 3.50. The second-order valence-electron chi connectivity index (χ2n) is 11.5. The lowest BCUT2D eigenvalue weighted by molar-refractivity contribution is -0.0582. The van der Waals surface area contributed by atoms with Crippen LogP contribution in [0.25, 0.3) is 10.5 Å². The lowest BCUT2D eigenvalue weighted by Gasteiger charge is -2.58. The van der Waals surface area contributed by atoms with Crippen LogP contribution in [0.5, 0.6) is 0 Å². The summed E-state index contributed by atoms with van der Waals surface area (Å²) in [5, 5.41) is 17.1. The van der Waals surface area contributed by atoms with Crippen LogP contribution in [-0.2, 0) is 5.41 Å². The Bertz CT molecular complexity index is 1480. The van der Waals surface area contributed by atoms with E-state index in [4.69, 9.17) is 5.10 Å². The molecular weight excluding hydrogens is 486 g/mol. The topological polar surface area (TPSA) is 96.6 Å². The number of aromatic nitrogens is 4. The van der Waals surface area contributed by atoms with Gasteiger partial charge in [0.25, 0.3) is 5.91 Å². The van der Waals surface area contributed by atoms with E-state index in [1.165, 1.54) is 16.9 Å². The molecule has 192 valence electrons. The number of hydrogen-bond acceptors (Lipinski definition) is 5. The van der Waals surface area contributed by atoms with E-state index in [1.807, 2.05) is 53.7 Å². The fourth-order valence-electron chi connectivity index (χ4n) is 5.35. The molecule has 0 unspecified atom stereocenters.